The van der Waals surface area contributed by atoms with Gasteiger partial charge in [0.1, 0.15) is 42.6 Å². The van der Waals surface area contributed by atoms with Gasteiger partial charge in [-0.2, -0.15) is 13.6 Å². The number of nitrogen functional groups attached to an aromatic ring is 1. The highest BCUT2D eigenvalue weighted by Gasteiger charge is 2.59. The van der Waals surface area contributed by atoms with Crippen LogP contribution < -0.4 is 27.0 Å². The second-order valence-electron chi connectivity index (χ2n) is 20.3. The molecular weight excluding hydrogens is 1280 g/mol. The summed E-state index contributed by atoms with van der Waals surface area (Å²) < 4.78 is 92.2. The van der Waals surface area contributed by atoms with Crippen molar-refractivity contribution in [1.82, 2.24) is 58.3 Å². The number of alkyl halides is 4. The number of rotatable bonds is 21. The van der Waals surface area contributed by atoms with E-state index in [4.69, 9.17) is 80.6 Å². The molecule has 4 saturated heterocycles. The molecule has 4 aromatic heterocycles. The van der Waals surface area contributed by atoms with Gasteiger partial charge in [-0.3, -0.25) is 24.0 Å². The van der Waals surface area contributed by atoms with Crippen molar-refractivity contribution in [1.29, 1.82) is 0 Å². The van der Waals surface area contributed by atoms with Gasteiger partial charge in [0, 0.05) is 68.5 Å². The Morgan fingerprint density at radius 1 is 0.614 bits per heavy atom. The molecule has 8 atom stereocenters. The molecule has 4 aliphatic rings. The van der Waals surface area contributed by atoms with Crippen molar-refractivity contribution in [3.8, 4) is 0 Å². The summed E-state index contributed by atoms with van der Waals surface area (Å²) in [5.41, 5.74) is 8.11. The van der Waals surface area contributed by atoms with Gasteiger partial charge in [-0.1, -0.05) is 0 Å². The van der Waals surface area contributed by atoms with Crippen LogP contribution in [0.5, 0.6) is 0 Å². The number of hydrogen-bond donors (Lipinski definition) is 5. The molecule has 0 aliphatic carbocycles. The van der Waals surface area contributed by atoms with E-state index in [2.05, 4.69) is 56.2 Å². The van der Waals surface area contributed by atoms with Crippen molar-refractivity contribution in [2.45, 2.75) is 112 Å². The fourth-order valence-corrected chi connectivity index (χ4v) is 14.0. The molecule has 0 saturated carbocycles. The van der Waals surface area contributed by atoms with Crippen LogP contribution >= 0.6 is 46.4 Å². The molecule has 36 heteroatoms. The van der Waals surface area contributed by atoms with Crippen LogP contribution in [-0.4, -0.2) is 199 Å². The van der Waals surface area contributed by atoms with Gasteiger partial charge in [-0.25, -0.2) is 56.3 Å². The number of urea groups is 1. The summed E-state index contributed by atoms with van der Waals surface area (Å²) in [7, 11) is -7.45. The number of halogens is 4. The Hall–Kier alpha value is -6.33. The lowest BCUT2D eigenvalue weighted by Gasteiger charge is -2.24. The zero-order valence-corrected chi connectivity index (χ0v) is 52.8. The zero-order chi connectivity index (χ0) is 63.7. The van der Waals surface area contributed by atoms with Gasteiger partial charge < -0.3 is 50.1 Å². The molecular formula is C52H64Cl4N16O14S2. The first-order chi connectivity index (χ1) is 42.0. The average Bonchev–Trinajstić information content (AvgIpc) is 2.46. The molecule has 0 spiro atoms. The number of nitrogens with zero attached hydrogens (tertiary/aromatic N) is 11. The first-order valence-electron chi connectivity index (χ1n) is 27.2. The SMILES string of the molecule is CCNC(=O)[C@H]1O[C@@H](n2cnc3c(N)ncnc32)[C@@H]2OC(C)(C)O[C@@H]21.CCNC(=O)[C@H]1O[C@@H](n2cnc3c(NC(=O)Nc4ccc(S(=O)(=O)N(CCCl)CCCl)cc4)ncnc32)[C@@H]2OC(C)(C)O[C@@H]21.O=C=Nc1ccc(S(=O)(=O)N(CCCl)CCCl)cc1. The first kappa shape index (κ1) is 67.6. The normalized spacial score (nSPS) is 22.5. The second-order valence-corrected chi connectivity index (χ2v) is 25.7. The standard InChI is InChI=1S/C26H32Cl2N8O7S.C15H20N6O4.C11H12Cl2N2O3S/c1-4-29-23(37)19-18-20(43-26(2,3)42-18)24(41-19)36-14-32-17-21(30-13-31-22(17)36)34-25(38)33-15-5-7-16(8-6-15)44(39,40)35(11-9-27)12-10-28;1-4-17-13(22)9-8-10(25-15(2,3)24-8)14(23-9)21-6-20-7-11(16)18-5-19-12(7)21;12-5-7-15(8-6-13)19(17,18)11-3-1-10(2-4-11)14-9-16/h5-8,13-14,18-20,24H,4,9-12H2,1-3H3,(H,29,37)(H2,30,31,33,34,38);5-6,8-10,14H,4H2,1-3H3,(H,17,22)(H2,16,18,19);1-4H,5-8H2/t18-,19+,20-,24-;8-,9+,10-,14-;/m11./s1. The number of imidazole rings is 2. The minimum atomic E-state index is -3.81. The lowest BCUT2D eigenvalue weighted by Crippen LogP contribution is -2.42. The lowest BCUT2D eigenvalue weighted by molar-refractivity contribution is -0.198. The molecule has 4 aliphatic heterocycles. The monoisotopic (exact) mass is 1340 g/mol. The maximum atomic E-state index is 12.9. The lowest BCUT2D eigenvalue weighted by atomic mass is 10.1. The summed E-state index contributed by atoms with van der Waals surface area (Å²) in [4.78, 5) is 76.9. The molecule has 6 aromatic rings. The number of nitrogens with one attached hydrogen (secondary N) is 4. The van der Waals surface area contributed by atoms with Crippen molar-refractivity contribution in [2.24, 2.45) is 4.99 Å². The van der Waals surface area contributed by atoms with Crippen LogP contribution in [0.2, 0.25) is 0 Å². The van der Waals surface area contributed by atoms with Gasteiger partial charge in [-0.05, 0) is 90.1 Å². The van der Waals surface area contributed by atoms with Gasteiger partial charge in [-0.15, -0.1) is 46.4 Å². The number of fused-ring (bicyclic) bond motifs is 4. The zero-order valence-electron chi connectivity index (χ0n) is 48.2. The number of carbonyl (C=O) groups excluding carboxylic acids is 4. The molecule has 10 rings (SSSR count). The summed E-state index contributed by atoms with van der Waals surface area (Å²) in [5, 5.41) is 10.8. The number of benzene rings is 2. The third kappa shape index (κ3) is 15.1. The molecule has 8 heterocycles. The van der Waals surface area contributed by atoms with Gasteiger partial charge >= 0.3 is 6.03 Å². The fourth-order valence-electron chi connectivity index (χ4n) is 9.86. The molecule has 0 bridgehead atoms. The van der Waals surface area contributed by atoms with E-state index in [-0.39, 0.29) is 88.5 Å². The first-order valence-corrected chi connectivity index (χ1v) is 32.3. The number of likely N-dealkylation sites (N-methyl/N-ethyl adjacent to an activating group) is 2. The number of anilines is 3. The number of isocyanates is 1. The van der Waals surface area contributed by atoms with E-state index in [9.17, 15) is 36.0 Å². The molecule has 4 fully saturated rings. The highest BCUT2D eigenvalue weighted by molar-refractivity contribution is 7.89. The van der Waals surface area contributed by atoms with E-state index in [0.717, 1.165) is 0 Å². The van der Waals surface area contributed by atoms with Crippen LogP contribution in [0, 0.1) is 0 Å². The third-order valence-corrected chi connectivity index (χ3v) is 18.0. The number of aliphatic imine (C=N–C) groups is 1. The number of hydrogen-bond acceptors (Lipinski definition) is 22. The Labute approximate surface area is 525 Å². The fraction of sp³-hybridized carbons (Fsp3) is 0.500. The second kappa shape index (κ2) is 29.1. The van der Waals surface area contributed by atoms with Crippen molar-refractivity contribution in [3.63, 3.8) is 0 Å². The number of amides is 4. The van der Waals surface area contributed by atoms with E-state index in [0.29, 0.717) is 41.3 Å². The molecule has 0 unspecified atom stereocenters. The molecule has 6 N–H and O–H groups in total. The highest BCUT2D eigenvalue weighted by atomic mass is 35.5. The molecule has 30 nitrogen and oxygen atoms in total. The largest absolute Gasteiger partial charge is 0.382 e. The van der Waals surface area contributed by atoms with Crippen molar-refractivity contribution in [3.05, 3.63) is 73.8 Å². The summed E-state index contributed by atoms with van der Waals surface area (Å²) >= 11 is 22.7. The maximum Gasteiger partial charge on any atom is 0.324 e. The van der Waals surface area contributed by atoms with E-state index in [1.54, 1.807) is 29.3 Å². The quantitative estimate of drug-likeness (QED) is 0.0374. The third-order valence-electron chi connectivity index (χ3n) is 13.5. The molecule has 88 heavy (non-hydrogen) atoms. The summed E-state index contributed by atoms with van der Waals surface area (Å²) in [6, 6.07) is 10.6. The minimum Gasteiger partial charge on any atom is -0.382 e. The molecule has 0 radical (unpaired) electrons. The average molecular weight is 1340 g/mol. The van der Waals surface area contributed by atoms with Gasteiger partial charge in [0.2, 0.25) is 26.1 Å². The van der Waals surface area contributed by atoms with Crippen LogP contribution in [0.1, 0.15) is 54.0 Å². The molecule has 2 aromatic carbocycles. The summed E-state index contributed by atoms with van der Waals surface area (Å²) in [6.45, 7) is 12.3. The molecule has 476 valence electrons. The number of carbonyl (C=O) groups is 3. The van der Waals surface area contributed by atoms with Crippen LogP contribution in [0.25, 0.3) is 22.3 Å². The Kier molecular flexibility index (Phi) is 22.3. The van der Waals surface area contributed by atoms with Crippen molar-refractivity contribution < 1.29 is 64.4 Å². The minimum absolute atomic E-state index is 0.0348. The predicted molar refractivity (Wildman–Crippen MR) is 322 cm³/mol. The maximum absolute atomic E-state index is 12.9. The van der Waals surface area contributed by atoms with E-state index < -0.39 is 86.7 Å². The van der Waals surface area contributed by atoms with Crippen molar-refractivity contribution >= 4 is 136 Å². The highest BCUT2D eigenvalue weighted by Crippen LogP contribution is 2.45. The van der Waals surface area contributed by atoms with Crippen LogP contribution in [0.3, 0.4) is 0 Å². The Morgan fingerprint density at radius 3 is 1.48 bits per heavy atom. The number of nitrogens with two attached hydrogens (primary N) is 1. The number of ether oxygens (including phenoxy) is 6. The Morgan fingerprint density at radius 2 is 1.03 bits per heavy atom. The Balaban J connectivity index is 0.000000191. The predicted octanol–water partition coefficient (Wildman–Crippen LogP) is 4.58. The summed E-state index contributed by atoms with van der Waals surface area (Å²) in [6.07, 6.45) is 1.63. The topological polar surface area (TPSA) is 372 Å². The molecule has 4 amide bonds. The number of aromatic nitrogens is 8. The van der Waals surface area contributed by atoms with Crippen LogP contribution in [0.4, 0.5) is 27.8 Å². The van der Waals surface area contributed by atoms with Crippen LogP contribution in [0.15, 0.2) is 88.6 Å². The number of sulfonamides is 2. The summed E-state index contributed by atoms with van der Waals surface area (Å²) in [5.74, 6) is -1.30. The van der Waals surface area contributed by atoms with E-state index >= 15 is 0 Å². The Bertz CT molecular complexity index is 3710. The van der Waals surface area contributed by atoms with Crippen molar-refractivity contribution in [2.75, 3.05) is 79.2 Å². The van der Waals surface area contributed by atoms with E-state index in [1.807, 2.05) is 27.7 Å². The van der Waals surface area contributed by atoms with Gasteiger partial charge in [0.25, 0.3) is 11.8 Å². The van der Waals surface area contributed by atoms with Gasteiger partial charge in [0.05, 0.1) is 28.1 Å². The van der Waals surface area contributed by atoms with E-state index in [1.165, 1.54) is 82.2 Å². The van der Waals surface area contributed by atoms with Crippen LogP contribution in [-0.2, 0) is 62.9 Å². The van der Waals surface area contributed by atoms with Gasteiger partial charge in [0.15, 0.2) is 64.7 Å². The smallest absolute Gasteiger partial charge is 0.324 e.